The topological polar surface area (TPSA) is 137 Å². The summed E-state index contributed by atoms with van der Waals surface area (Å²) in [5.74, 6) is -1.07. The number of hydrogen-bond donors (Lipinski definition) is 2. The quantitative estimate of drug-likeness (QED) is 0.477. The van der Waals surface area contributed by atoms with E-state index < -0.39 is 22.3 Å². The molecule has 0 atom stereocenters. The molecule has 10 heteroatoms. The van der Waals surface area contributed by atoms with Gasteiger partial charge in [-0.05, 0) is 43.4 Å². The number of nitro groups is 1. The molecule has 4 rings (SSSR count). The third-order valence-electron chi connectivity index (χ3n) is 5.16. The lowest BCUT2D eigenvalue weighted by Crippen LogP contribution is -2.28. The van der Waals surface area contributed by atoms with Crippen LogP contribution in [0.1, 0.15) is 33.6 Å². The smallest absolute Gasteiger partial charge is 0.270 e. The Hall–Kier alpha value is -3.53. The normalized spacial score (nSPS) is 13.1. The third-order valence-corrected chi connectivity index (χ3v) is 6.36. The highest BCUT2D eigenvalue weighted by molar-refractivity contribution is 7.17. The van der Waals surface area contributed by atoms with Crippen LogP contribution in [0.3, 0.4) is 0 Å². The Balaban J connectivity index is 1.65. The summed E-state index contributed by atoms with van der Waals surface area (Å²) in [5.41, 5.74) is 6.70. The Morgan fingerprint density at radius 1 is 1.20 bits per heavy atom. The van der Waals surface area contributed by atoms with Crippen molar-refractivity contribution < 1.29 is 14.5 Å². The van der Waals surface area contributed by atoms with E-state index >= 15 is 0 Å². The molecule has 0 fully saturated rings. The van der Waals surface area contributed by atoms with Gasteiger partial charge in [0.25, 0.3) is 17.2 Å². The predicted molar refractivity (Wildman–Crippen MR) is 113 cm³/mol. The van der Waals surface area contributed by atoms with Crippen LogP contribution in [-0.2, 0) is 24.2 Å². The molecule has 3 aromatic rings. The Kier molecular flexibility index (Phi) is 5.08. The molecule has 1 aliphatic rings. The largest absolute Gasteiger partial charge is 0.365 e. The van der Waals surface area contributed by atoms with Gasteiger partial charge in [-0.3, -0.25) is 29.1 Å². The van der Waals surface area contributed by atoms with Gasteiger partial charge in [-0.15, -0.1) is 11.3 Å². The molecule has 0 saturated carbocycles. The van der Waals surface area contributed by atoms with E-state index in [1.807, 2.05) is 0 Å². The molecule has 2 amide bonds. The Morgan fingerprint density at radius 3 is 2.70 bits per heavy atom. The Labute approximate surface area is 174 Å². The van der Waals surface area contributed by atoms with Crippen LogP contribution in [-0.4, -0.2) is 21.3 Å². The van der Waals surface area contributed by atoms with Gasteiger partial charge in [0.2, 0.25) is 5.91 Å². The van der Waals surface area contributed by atoms with E-state index in [1.54, 1.807) is 0 Å². The van der Waals surface area contributed by atoms with Crippen molar-refractivity contribution in [1.29, 1.82) is 0 Å². The van der Waals surface area contributed by atoms with Crippen molar-refractivity contribution >= 4 is 44.7 Å². The summed E-state index contributed by atoms with van der Waals surface area (Å²) in [6.45, 7) is -0.297. The first-order valence-corrected chi connectivity index (χ1v) is 10.2. The van der Waals surface area contributed by atoms with E-state index in [0.717, 1.165) is 36.1 Å². The van der Waals surface area contributed by atoms with Crippen molar-refractivity contribution in [2.45, 2.75) is 32.2 Å². The predicted octanol–water partition coefficient (Wildman–Crippen LogP) is 2.59. The lowest BCUT2D eigenvalue weighted by molar-refractivity contribution is -0.384. The number of nitrogens with zero attached hydrogens (tertiary/aromatic N) is 2. The lowest BCUT2D eigenvalue weighted by atomic mass is 9.95. The summed E-state index contributed by atoms with van der Waals surface area (Å²) in [6, 6.07) is 6.83. The average Bonchev–Trinajstić information content (AvgIpc) is 3.07. The SMILES string of the molecule is NC(=O)c1c(NC(=O)Cn2c(=O)ccc3cc([N+](=O)[O-])ccc32)sc2c1CCCC2. The number of amides is 2. The van der Waals surface area contributed by atoms with Crippen LogP contribution in [0.4, 0.5) is 10.7 Å². The number of hydrogen-bond acceptors (Lipinski definition) is 6. The molecule has 2 heterocycles. The van der Waals surface area contributed by atoms with E-state index in [-0.39, 0.29) is 12.2 Å². The maximum Gasteiger partial charge on any atom is 0.270 e. The summed E-state index contributed by atoms with van der Waals surface area (Å²) >= 11 is 1.35. The second-order valence-electron chi connectivity index (χ2n) is 7.09. The van der Waals surface area contributed by atoms with Crippen molar-refractivity contribution in [3.63, 3.8) is 0 Å². The molecule has 2 aromatic heterocycles. The fraction of sp³-hybridized carbons (Fsp3) is 0.250. The minimum absolute atomic E-state index is 0.104. The first-order chi connectivity index (χ1) is 14.3. The second-order valence-corrected chi connectivity index (χ2v) is 8.19. The number of pyridine rings is 1. The summed E-state index contributed by atoms with van der Waals surface area (Å²) in [6.07, 6.45) is 3.59. The molecule has 30 heavy (non-hydrogen) atoms. The highest BCUT2D eigenvalue weighted by Gasteiger charge is 2.25. The number of nitro benzene ring substituents is 1. The highest BCUT2D eigenvalue weighted by atomic mass is 32.1. The summed E-state index contributed by atoms with van der Waals surface area (Å²) in [5, 5.41) is 14.6. The number of thiophene rings is 1. The molecule has 0 saturated heterocycles. The van der Waals surface area contributed by atoms with E-state index in [1.165, 1.54) is 46.2 Å². The van der Waals surface area contributed by atoms with Gasteiger partial charge in [-0.2, -0.15) is 0 Å². The number of aromatic nitrogens is 1. The van der Waals surface area contributed by atoms with Gasteiger partial charge in [0, 0.05) is 28.5 Å². The van der Waals surface area contributed by atoms with Gasteiger partial charge < -0.3 is 11.1 Å². The summed E-state index contributed by atoms with van der Waals surface area (Å²) in [7, 11) is 0. The van der Waals surface area contributed by atoms with Gasteiger partial charge in [-0.1, -0.05) is 0 Å². The number of carbonyl (C=O) groups is 2. The van der Waals surface area contributed by atoms with Crippen LogP contribution >= 0.6 is 11.3 Å². The number of anilines is 1. The van der Waals surface area contributed by atoms with Crippen molar-refractivity contribution in [3.05, 3.63) is 66.8 Å². The maximum absolute atomic E-state index is 12.7. The van der Waals surface area contributed by atoms with Crippen LogP contribution in [0.5, 0.6) is 0 Å². The molecule has 0 unspecified atom stereocenters. The molecule has 1 aromatic carbocycles. The Bertz CT molecular complexity index is 1260. The number of rotatable bonds is 5. The van der Waals surface area contributed by atoms with E-state index in [9.17, 15) is 24.5 Å². The fourth-order valence-electron chi connectivity index (χ4n) is 3.79. The van der Waals surface area contributed by atoms with E-state index in [0.29, 0.717) is 21.5 Å². The minimum atomic E-state index is -0.584. The number of nitrogens with two attached hydrogens (primary N) is 1. The number of fused-ring (bicyclic) bond motifs is 2. The first-order valence-electron chi connectivity index (χ1n) is 9.37. The van der Waals surface area contributed by atoms with Crippen molar-refractivity contribution in [3.8, 4) is 0 Å². The standard InChI is InChI=1S/C20H18N4O5S/c21-19(27)18-13-3-1-2-4-15(13)30-20(18)22-16(25)10-23-14-7-6-12(24(28)29)9-11(14)5-8-17(23)26/h5-9H,1-4,10H2,(H2,21,27)(H,22,25). The summed E-state index contributed by atoms with van der Waals surface area (Å²) < 4.78 is 1.24. The van der Waals surface area contributed by atoms with Crippen LogP contribution in [0.25, 0.3) is 10.9 Å². The molecule has 0 spiro atoms. The van der Waals surface area contributed by atoms with Gasteiger partial charge >= 0.3 is 0 Å². The third kappa shape index (κ3) is 3.57. The molecule has 0 bridgehead atoms. The lowest BCUT2D eigenvalue weighted by Gasteiger charge is -2.12. The Morgan fingerprint density at radius 2 is 1.97 bits per heavy atom. The first kappa shape index (κ1) is 19.8. The number of nitrogens with one attached hydrogen (secondary N) is 1. The number of carbonyl (C=O) groups excluding carboxylic acids is 2. The molecular formula is C20H18N4O5S. The highest BCUT2D eigenvalue weighted by Crippen LogP contribution is 2.37. The van der Waals surface area contributed by atoms with Crippen molar-refractivity contribution in [2.75, 3.05) is 5.32 Å². The number of primary amides is 1. The zero-order chi connectivity index (χ0) is 21.4. The second kappa shape index (κ2) is 7.71. The number of benzene rings is 1. The summed E-state index contributed by atoms with van der Waals surface area (Å²) in [4.78, 5) is 48.6. The average molecular weight is 426 g/mol. The molecule has 1 aliphatic carbocycles. The number of non-ortho nitro benzene ring substituents is 1. The zero-order valence-corrected chi connectivity index (χ0v) is 16.7. The molecule has 0 aliphatic heterocycles. The van der Waals surface area contributed by atoms with Crippen LogP contribution in [0.15, 0.2) is 35.1 Å². The van der Waals surface area contributed by atoms with E-state index in [4.69, 9.17) is 5.73 Å². The van der Waals surface area contributed by atoms with Gasteiger partial charge in [-0.25, -0.2) is 0 Å². The number of aryl methyl sites for hydroxylation is 1. The monoisotopic (exact) mass is 426 g/mol. The zero-order valence-electron chi connectivity index (χ0n) is 15.8. The van der Waals surface area contributed by atoms with Crippen molar-refractivity contribution in [1.82, 2.24) is 4.57 Å². The molecule has 9 nitrogen and oxygen atoms in total. The molecule has 0 radical (unpaired) electrons. The fourth-order valence-corrected chi connectivity index (χ4v) is 5.10. The minimum Gasteiger partial charge on any atom is -0.365 e. The van der Waals surface area contributed by atoms with Crippen LogP contribution < -0.4 is 16.6 Å². The van der Waals surface area contributed by atoms with Gasteiger partial charge in [0.1, 0.15) is 11.5 Å². The van der Waals surface area contributed by atoms with Gasteiger partial charge in [0.15, 0.2) is 0 Å². The van der Waals surface area contributed by atoms with E-state index in [2.05, 4.69) is 5.32 Å². The molecule has 3 N–H and O–H groups in total. The van der Waals surface area contributed by atoms with Crippen LogP contribution in [0, 0.1) is 10.1 Å². The van der Waals surface area contributed by atoms with Crippen LogP contribution in [0.2, 0.25) is 0 Å². The van der Waals surface area contributed by atoms with Gasteiger partial charge in [0.05, 0.1) is 16.0 Å². The van der Waals surface area contributed by atoms with Crippen molar-refractivity contribution in [2.24, 2.45) is 5.73 Å². The molecular weight excluding hydrogens is 408 g/mol. The molecule has 154 valence electrons. The maximum atomic E-state index is 12.7.